The number of piperidine rings is 1. The van der Waals surface area contributed by atoms with Crippen molar-refractivity contribution in [3.8, 4) is 5.75 Å². The molecule has 108 valence electrons. The Morgan fingerprint density at radius 3 is 3.00 bits per heavy atom. The molecular formula is C15H18FNO3. The number of hydrogen-bond donors (Lipinski definition) is 1. The number of ether oxygens (including phenoxy) is 1. The maximum absolute atomic E-state index is 13.5. The molecule has 20 heavy (non-hydrogen) atoms. The molecule has 1 saturated heterocycles. The van der Waals surface area contributed by atoms with Crippen molar-refractivity contribution in [3.63, 3.8) is 0 Å². The molecule has 1 aliphatic heterocycles. The number of hydrogen-bond acceptors (Lipinski definition) is 3. The lowest BCUT2D eigenvalue weighted by Gasteiger charge is -2.29. The van der Waals surface area contributed by atoms with E-state index in [2.05, 4.69) is 0 Å². The molecule has 1 N–H and O–H groups in total. The van der Waals surface area contributed by atoms with Crippen LogP contribution in [0.1, 0.15) is 18.4 Å². The van der Waals surface area contributed by atoms with Crippen molar-refractivity contribution in [3.05, 3.63) is 35.7 Å². The highest BCUT2D eigenvalue weighted by Crippen LogP contribution is 2.18. The molecule has 1 amide bonds. The summed E-state index contributed by atoms with van der Waals surface area (Å²) in [6.45, 7) is 1.01. The van der Waals surface area contributed by atoms with Crippen molar-refractivity contribution >= 4 is 12.0 Å². The van der Waals surface area contributed by atoms with Gasteiger partial charge in [0.2, 0.25) is 5.91 Å². The van der Waals surface area contributed by atoms with Gasteiger partial charge in [0.1, 0.15) is 0 Å². The SMILES string of the molecule is COc1ccc(C=CC(=O)N2CCCC(O)C2)cc1F. The number of halogens is 1. The first-order valence-corrected chi connectivity index (χ1v) is 6.58. The maximum atomic E-state index is 13.5. The molecule has 0 radical (unpaired) electrons. The van der Waals surface area contributed by atoms with Gasteiger partial charge < -0.3 is 14.7 Å². The molecule has 1 heterocycles. The van der Waals surface area contributed by atoms with Gasteiger partial charge in [0.25, 0.3) is 0 Å². The number of β-amino-alcohol motifs (C(OH)–C–C–N with tert-alkyl or cyclic N) is 1. The molecule has 1 aromatic carbocycles. The van der Waals surface area contributed by atoms with E-state index in [1.807, 2.05) is 0 Å². The second-order valence-electron chi connectivity index (χ2n) is 4.81. The fourth-order valence-electron chi connectivity index (χ4n) is 2.21. The molecule has 4 nitrogen and oxygen atoms in total. The topological polar surface area (TPSA) is 49.8 Å². The van der Waals surface area contributed by atoms with Crippen LogP contribution in [0.15, 0.2) is 24.3 Å². The van der Waals surface area contributed by atoms with Crippen LogP contribution >= 0.6 is 0 Å². The lowest BCUT2D eigenvalue weighted by Crippen LogP contribution is -2.41. The predicted octanol–water partition coefficient (Wildman–Crippen LogP) is 1.83. The van der Waals surface area contributed by atoms with Crippen molar-refractivity contribution in [2.24, 2.45) is 0 Å². The summed E-state index contributed by atoms with van der Waals surface area (Å²) in [6.07, 6.45) is 4.06. The van der Waals surface area contributed by atoms with E-state index in [0.717, 1.165) is 12.8 Å². The largest absolute Gasteiger partial charge is 0.494 e. The van der Waals surface area contributed by atoms with Crippen LogP contribution in [-0.2, 0) is 4.79 Å². The average molecular weight is 279 g/mol. The summed E-state index contributed by atoms with van der Waals surface area (Å²) < 4.78 is 18.3. The molecule has 1 fully saturated rings. The molecule has 2 rings (SSSR count). The Morgan fingerprint density at radius 2 is 2.35 bits per heavy atom. The van der Waals surface area contributed by atoms with Crippen LogP contribution in [0.4, 0.5) is 4.39 Å². The van der Waals surface area contributed by atoms with Gasteiger partial charge in [-0.05, 0) is 36.6 Å². The highest BCUT2D eigenvalue weighted by Gasteiger charge is 2.20. The number of likely N-dealkylation sites (tertiary alicyclic amines) is 1. The predicted molar refractivity (Wildman–Crippen MR) is 73.8 cm³/mol. The first-order chi connectivity index (χ1) is 9.60. The van der Waals surface area contributed by atoms with E-state index in [0.29, 0.717) is 18.7 Å². The third-order valence-electron chi connectivity index (χ3n) is 3.30. The number of methoxy groups -OCH3 is 1. The van der Waals surface area contributed by atoms with E-state index in [9.17, 15) is 14.3 Å². The van der Waals surface area contributed by atoms with Crippen molar-refractivity contribution < 1.29 is 19.0 Å². The van der Waals surface area contributed by atoms with Crippen LogP contribution in [0.2, 0.25) is 0 Å². The molecule has 0 aliphatic carbocycles. The second kappa shape index (κ2) is 6.52. The minimum atomic E-state index is -0.463. The first-order valence-electron chi connectivity index (χ1n) is 6.58. The molecule has 0 aromatic heterocycles. The molecule has 0 bridgehead atoms. The Balaban J connectivity index is 2.01. The molecule has 5 heteroatoms. The number of aliphatic hydroxyl groups excluding tert-OH is 1. The average Bonchev–Trinajstić information content (AvgIpc) is 2.45. The molecular weight excluding hydrogens is 261 g/mol. The number of aliphatic hydroxyl groups is 1. The highest BCUT2D eigenvalue weighted by atomic mass is 19.1. The number of rotatable bonds is 3. The molecule has 1 aromatic rings. The van der Waals surface area contributed by atoms with Crippen LogP contribution in [0.5, 0.6) is 5.75 Å². The minimum Gasteiger partial charge on any atom is -0.494 e. The van der Waals surface area contributed by atoms with Crippen LogP contribution in [0.3, 0.4) is 0 Å². The quantitative estimate of drug-likeness (QED) is 0.859. The number of carbonyl (C=O) groups excluding carboxylic acids is 1. The van der Waals surface area contributed by atoms with Gasteiger partial charge in [-0.15, -0.1) is 0 Å². The Hall–Kier alpha value is -1.88. The molecule has 0 saturated carbocycles. The van der Waals surface area contributed by atoms with Crippen molar-refractivity contribution in [1.29, 1.82) is 0 Å². The summed E-state index contributed by atoms with van der Waals surface area (Å²) >= 11 is 0. The Bertz CT molecular complexity index is 516. The van der Waals surface area contributed by atoms with Crippen molar-refractivity contribution in [2.45, 2.75) is 18.9 Å². The number of amides is 1. The Kier molecular flexibility index (Phi) is 4.74. The summed E-state index contributed by atoms with van der Waals surface area (Å²) in [5, 5.41) is 9.53. The van der Waals surface area contributed by atoms with Crippen LogP contribution in [0.25, 0.3) is 6.08 Å². The standard InChI is InChI=1S/C15H18FNO3/c1-20-14-6-4-11(9-13(14)16)5-7-15(19)17-8-2-3-12(18)10-17/h4-7,9,12,18H,2-3,8,10H2,1H3. The third kappa shape index (κ3) is 3.57. The normalized spacial score (nSPS) is 19.4. The number of benzene rings is 1. The minimum absolute atomic E-state index is 0.167. The van der Waals surface area contributed by atoms with Crippen LogP contribution in [0, 0.1) is 5.82 Å². The van der Waals surface area contributed by atoms with Gasteiger partial charge in [0.15, 0.2) is 11.6 Å². The highest BCUT2D eigenvalue weighted by molar-refractivity contribution is 5.91. The first kappa shape index (κ1) is 14.5. The maximum Gasteiger partial charge on any atom is 0.246 e. The van der Waals surface area contributed by atoms with Gasteiger partial charge in [-0.2, -0.15) is 0 Å². The van der Waals surface area contributed by atoms with Crippen molar-refractivity contribution in [1.82, 2.24) is 4.90 Å². The van der Waals surface area contributed by atoms with Gasteiger partial charge in [-0.1, -0.05) is 6.07 Å². The van der Waals surface area contributed by atoms with Crippen LogP contribution < -0.4 is 4.74 Å². The number of carbonyl (C=O) groups is 1. The lowest BCUT2D eigenvalue weighted by atomic mass is 10.1. The van der Waals surface area contributed by atoms with E-state index in [4.69, 9.17) is 4.74 Å². The Morgan fingerprint density at radius 1 is 1.55 bits per heavy atom. The van der Waals surface area contributed by atoms with E-state index < -0.39 is 11.9 Å². The summed E-state index contributed by atoms with van der Waals surface area (Å²) in [6, 6.07) is 4.51. The van der Waals surface area contributed by atoms with Gasteiger partial charge in [0.05, 0.1) is 13.2 Å². The van der Waals surface area contributed by atoms with Gasteiger partial charge in [-0.3, -0.25) is 4.79 Å². The van der Waals surface area contributed by atoms with Gasteiger partial charge >= 0.3 is 0 Å². The second-order valence-corrected chi connectivity index (χ2v) is 4.81. The molecule has 0 spiro atoms. The fourth-order valence-corrected chi connectivity index (χ4v) is 2.21. The lowest BCUT2D eigenvalue weighted by molar-refractivity contribution is -0.128. The van der Waals surface area contributed by atoms with E-state index in [1.165, 1.54) is 25.3 Å². The van der Waals surface area contributed by atoms with Crippen molar-refractivity contribution in [2.75, 3.05) is 20.2 Å². The summed E-state index contributed by atoms with van der Waals surface area (Å²) in [7, 11) is 1.40. The molecule has 1 unspecified atom stereocenters. The fraction of sp³-hybridized carbons (Fsp3) is 0.400. The smallest absolute Gasteiger partial charge is 0.246 e. The van der Waals surface area contributed by atoms with Gasteiger partial charge in [0, 0.05) is 19.2 Å². The Labute approximate surface area is 117 Å². The number of nitrogens with zero attached hydrogens (tertiary/aromatic N) is 1. The van der Waals surface area contributed by atoms with E-state index in [-0.39, 0.29) is 11.7 Å². The van der Waals surface area contributed by atoms with E-state index in [1.54, 1.807) is 17.0 Å². The zero-order valence-electron chi connectivity index (χ0n) is 11.4. The zero-order chi connectivity index (χ0) is 14.5. The van der Waals surface area contributed by atoms with E-state index >= 15 is 0 Å². The van der Waals surface area contributed by atoms with Gasteiger partial charge in [-0.25, -0.2) is 4.39 Å². The summed E-state index contributed by atoms with van der Waals surface area (Å²) in [5.74, 6) is -0.455. The molecule has 1 aliphatic rings. The summed E-state index contributed by atoms with van der Waals surface area (Å²) in [5.41, 5.74) is 0.592. The zero-order valence-corrected chi connectivity index (χ0v) is 11.4. The molecule has 1 atom stereocenters. The summed E-state index contributed by atoms with van der Waals surface area (Å²) in [4.78, 5) is 13.5. The van der Waals surface area contributed by atoms with Crippen LogP contribution in [-0.4, -0.2) is 42.2 Å². The monoisotopic (exact) mass is 279 g/mol. The third-order valence-corrected chi connectivity index (χ3v) is 3.30.